The molecule has 6 nitrogen and oxygen atoms in total. The summed E-state index contributed by atoms with van der Waals surface area (Å²) in [4.78, 5) is 10.1. The van der Waals surface area contributed by atoms with Crippen LogP contribution in [-0.4, -0.2) is 28.2 Å². The first-order valence-corrected chi connectivity index (χ1v) is 23.8. The molecule has 326 valence electrons. The van der Waals surface area contributed by atoms with Crippen molar-refractivity contribution in [2.24, 2.45) is 0 Å². The molecule has 6 heterocycles. The third kappa shape index (κ3) is 5.33. The van der Waals surface area contributed by atoms with E-state index >= 15 is 0 Å². The van der Waals surface area contributed by atoms with Crippen molar-refractivity contribution in [3.63, 3.8) is 0 Å². The maximum Gasteiger partial charge on any atom is 0.0962 e. The van der Waals surface area contributed by atoms with Gasteiger partial charge in [0, 0.05) is 67.2 Å². The van der Waals surface area contributed by atoms with Gasteiger partial charge in [-0.1, -0.05) is 152 Å². The van der Waals surface area contributed by atoms with Gasteiger partial charge in [0.2, 0.25) is 0 Å². The minimum atomic E-state index is 0.849. The fourth-order valence-corrected chi connectivity index (χ4v) is 11.8. The summed E-state index contributed by atoms with van der Waals surface area (Å²) in [6.45, 7) is 0. The van der Waals surface area contributed by atoms with Crippen LogP contribution in [0.4, 0.5) is 0 Å². The van der Waals surface area contributed by atoms with Crippen LogP contribution in [0.25, 0.3) is 132 Å². The van der Waals surface area contributed by atoms with Crippen LogP contribution in [0.5, 0.6) is 0 Å². The largest absolute Gasteiger partial charge is 0.308 e. The van der Waals surface area contributed by atoms with Crippen molar-refractivity contribution in [1.29, 1.82) is 0 Å². The SMILES string of the molecule is c1ccc(-c2c(-n3c4ccccc4c4ccccc43)c(-c3ccncc3)c(-n3c4ccccc4c4ccccc43)c(-n3c4ccccc4c4ccccc43)c2-n2c3ccccc3c3ccccc32)nc1. The van der Waals surface area contributed by atoms with E-state index in [4.69, 9.17) is 4.98 Å². The van der Waals surface area contributed by atoms with Gasteiger partial charge in [-0.05, 0) is 78.4 Å². The summed E-state index contributed by atoms with van der Waals surface area (Å²) in [5, 5.41) is 9.41. The topological polar surface area (TPSA) is 45.5 Å². The molecule has 6 aromatic heterocycles. The summed E-state index contributed by atoms with van der Waals surface area (Å²) in [5.41, 5.74) is 16.8. The number of fused-ring (bicyclic) bond motifs is 12. The van der Waals surface area contributed by atoms with Crippen molar-refractivity contribution in [3.05, 3.63) is 243 Å². The first kappa shape index (κ1) is 38.6. The summed E-state index contributed by atoms with van der Waals surface area (Å²) in [5.74, 6) is 0. The fraction of sp³-hybridized carbons (Fsp3) is 0. The zero-order valence-corrected chi connectivity index (χ0v) is 37.8. The quantitative estimate of drug-likeness (QED) is 0.167. The molecule has 0 saturated heterocycles. The molecule has 0 aliphatic carbocycles. The standard InChI is InChI=1S/C64H40N6/c1-9-28-51-42(19-1)43-20-2-10-29-52(43)67(51)61-59(41-36-39-65-40-37-41)62(68-53-30-11-3-21-44(53)45-22-4-12-31-54(45)68)64(70-57-34-15-7-25-48(57)49-26-8-16-35-58(49)70)63(60(61)50-27-17-18-38-66-50)69-55-32-13-5-23-46(55)47-24-6-14-33-56(47)69/h1-40H. The van der Waals surface area contributed by atoms with Gasteiger partial charge in [-0.2, -0.15) is 0 Å². The van der Waals surface area contributed by atoms with Gasteiger partial charge in [0.15, 0.2) is 0 Å². The van der Waals surface area contributed by atoms with E-state index in [9.17, 15) is 0 Å². The van der Waals surface area contributed by atoms with Gasteiger partial charge in [0.05, 0.1) is 78.1 Å². The molecule has 0 amide bonds. The first-order valence-electron chi connectivity index (χ1n) is 23.8. The number of benzene rings is 9. The highest BCUT2D eigenvalue weighted by molar-refractivity contribution is 6.18. The Morgan fingerprint density at radius 3 is 0.843 bits per heavy atom. The van der Waals surface area contributed by atoms with E-state index in [1.807, 2.05) is 24.7 Å². The molecule has 0 N–H and O–H groups in total. The highest BCUT2D eigenvalue weighted by Gasteiger charge is 2.35. The van der Waals surface area contributed by atoms with E-state index in [0.29, 0.717) is 0 Å². The summed E-state index contributed by atoms with van der Waals surface area (Å²) >= 11 is 0. The third-order valence-corrected chi connectivity index (χ3v) is 14.5. The molecule has 15 rings (SSSR count). The summed E-state index contributed by atoms with van der Waals surface area (Å²) in [7, 11) is 0. The Hall–Kier alpha value is -9.52. The lowest BCUT2D eigenvalue weighted by atomic mass is 9.91. The monoisotopic (exact) mass is 892 g/mol. The average Bonchev–Trinajstić information content (AvgIpc) is 4.16. The predicted octanol–water partition coefficient (Wildman–Crippen LogP) is 16.2. The van der Waals surface area contributed by atoms with Gasteiger partial charge in [-0.25, -0.2) is 0 Å². The maximum absolute atomic E-state index is 5.43. The van der Waals surface area contributed by atoms with Crippen LogP contribution in [0.15, 0.2) is 243 Å². The van der Waals surface area contributed by atoms with E-state index in [2.05, 4.69) is 242 Å². The maximum atomic E-state index is 5.43. The Kier molecular flexibility index (Phi) is 8.26. The molecule has 0 radical (unpaired) electrons. The number of hydrogen-bond donors (Lipinski definition) is 0. The van der Waals surface area contributed by atoms with Crippen molar-refractivity contribution >= 4 is 87.2 Å². The lowest BCUT2D eigenvalue weighted by Gasteiger charge is -2.31. The number of hydrogen-bond acceptors (Lipinski definition) is 2. The Morgan fingerprint density at radius 1 is 0.229 bits per heavy atom. The number of nitrogens with zero attached hydrogens (tertiary/aromatic N) is 6. The molecule has 9 aromatic carbocycles. The molecular formula is C64H40N6. The number of rotatable bonds is 6. The second kappa shape index (κ2) is 15.0. The van der Waals surface area contributed by atoms with Gasteiger partial charge < -0.3 is 18.3 Å². The molecule has 0 aliphatic rings. The van der Waals surface area contributed by atoms with Crippen LogP contribution < -0.4 is 0 Å². The third-order valence-electron chi connectivity index (χ3n) is 14.5. The highest BCUT2D eigenvalue weighted by atomic mass is 15.1. The van der Waals surface area contributed by atoms with Crippen molar-refractivity contribution in [3.8, 4) is 45.1 Å². The number of aromatic nitrogens is 6. The Bertz CT molecular complexity index is 4200. The summed E-state index contributed by atoms with van der Waals surface area (Å²) in [6, 6.07) is 81.7. The fourth-order valence-electron chi connectivity index (χ4n) is 11.8. The average molecular weight is 893 g/mol. The molecule has 0 spiro atoms. The van der Waals surface area contributed by atoms with Gasteiger partial charge in [-0.15, -0.1) is 0 Å². The number of pyridine rings is 2. The lowest BCUT2D eigenvalue weighted by molar-refractivity contribution is 1.04. The van der Waals surface area contributed by atoms with Crippen molar-refractivity contribution in [2.75, 3.05) is 0 Å². The minimum Gasteiger partial charge on any atom is -0.308 e. The van der Waals surface area contributed by atoms with Gasteiger partial charge >= 0.3 is 0 Å². The molecule has 70 heavy (non-hydrogen) atoms. The van der Waals surface area contributed by atoms with E-state index < -0.39 is 0 Å². The van der Waals surface area contributed by atoms with E-state index in [1.165, 1.54) is 43.1 Å². The number of para-hydroxylation sites is 8. The molecule has 0 aliphatic heterocycles. The molecule has 0 atom stereocenters. The minimum absolute atomic E-state index is 0.849. The molecule has 15 aromatic rings. The van der Waals surface area contributed by atoms with Crippen LogP contribution in [0, 0.1) is 0 Å². The Morgan fingerprint density at radius 2 is 0.514 bits per heavy atom. The van der Waals surface area contributed by atoms with E-state index in [0.717, 1.165) is 89.3 Å². The molecule has 6 heteroatoms. The second-order valence-electron chi connectivity index (χ2n) is 18.1. The van der Waals surface area contributed by atoms with Crippen LogP contribution in [0.1, 0.15) is 0 Å². The Balaban J connectivity index is 1.35. The van der Waals surface area contributed by atoms with Crippen LogP contribution in [0.2, 0.25) is 0 Å². The molecular weight excluding hydrogens is 853 g/mol. The zero-order valence-electron chi connectivity index (χ0n) is 37.8. The highest BCUT2D eigenvalue weighted by Crippen LogP contribution is 2.54. The smallest absolute Gasteiger partial charge is 0.0962 e. The van der Waals surface area contributed by atoms with E-state index in [1.54, 1.807) is 0 Å². The second-order valence-corrected chi connectivity index (χ2v) is 18.1. The van der Waals surface area contributed by atoms with Gasteiger partial charge in [0.25, 0.3) is 0 Å². The Labute approximate surface area is 401 Å². The van der Waals surface area contributed by atoms with Crippen molar-refractivity contribution in [1.82, 2.24) is 28.2 Å². The molecule has 0 saturated carbocycles. The molecule has 0 bridgehead atoms. The zero-order chi connectivity index (χ0) is 45.9. The van der Waals surface area contributed by atoms with Crippen molar-refractivity contribution < 1.29 is 0 Å². The lowest BCUT2D eigenvalue weighted by Crippen LogP contribution is -2.16. The molecule has 0 fully saturated rings. The van der Waals surface area contributed by atoms with Crippen molar-refractivity contribution in [2.45, 2.75) is 0 Å². The van der Waals surface area contributed by atoms with Gasteiger partial charge in [0.1, 0.15) is 0 Å². The first-order chi connectivity index (χ1) is 34.8. The molecule has 0 unspecified atom stereocenters. The van der Waals surface area contributed by atoms with E-state index in [-0.39, 0.29) is 0 Å². The van der Waals surface area contributed by atoms with Gasteiger partial charge in [-0.3, -0.25) is 9.97 Å². The van der Waals surface area contributed by atoms with Crippen LogP contribution in [-0.2, 0) is 0 Å². The normalized spacial score (nSPS) is 12.0. The van der Waals surface area contributed by atoms with Crippen LogP contribution in [0.3, 0.4) is 0 Å². The predicted molar refractivity (Wildman–Crippen MR) is 290 cm³/mol. The summed E-state index contributed by atoms with van der Waals surface area (Å²) < 4.78 is 10.2. The van der Waals surface area contributed by atoms with Crippen LogP contribution >= 0.6 is 0 Å². The summed E-state index contributed by atoms with van der Waals surface area (Å²) in [6.07, 6.45) is 5.80.